The number of fused-ring (bicyclic) bond motifs is 1. The number of carbonyl (C=O) groups excluding carboxylic acids is 1. The van der Waals surface area contributed by atoms with Crippen LogP contribution in [-0.4, -0.2) is 23.9 Å². The van der Waals surface area contributed by atoms with Crippen molar-refractivity contribution in [2.45, 2.75) is 19.4 Å². The van der Waals surface area contributed by atoms with E-state index in [0.29, 0.717) is 6.42 Å². The fourth-order valence-corrected chi connectivity index (χ4v) is 3.81. The molecule has 110 valence electrons. The molecule has 0 unspecified atom stereocenters. The molecule has 0 aliphatic carbocycles. The highest BCUT2D eigenvalue weighted by molar-refractivity contribution is 9.10. The lowest BCUT2D eigenvalue weighted by Crippen LogP contribution is -2.32. The molecule has 2 aromatic rings. The van der Waals surface area contributed by atoms with Crippen LogP contribution in [0.1, 0.15) is 16.9 Å². The third-order valence-corrected chi connectivity index (χ3v) is 5.40. The van der Waals surface area contributed by atoms with Gasteiger partial charge in [0.15, 0.2) is 0 Å². The van der Waals surface area contributed by atoms with E-state index in [1.807, 2.05) is 35.6 Å². The van der Waals surface area contributed by atoms with Crippen molar-refractivity contribution in [3.8, 4) is 0 Å². The molecule has 21 heavy (non-hydrogen) atoms. The highest BCUT2D eigenvalue weighted by Crippen LogP contribution is 2.24. The summed E-state index contributed by atoms with van der Waals surface area (Å²) in [6.07, 6.45) is 1.64. The molecule has 1 aromatic heterocycles. The Kier molecular flexibility index (Phi) is 4.73. The number of para-hydroxylation sites is 1. The van der Waals surface area contributed by atoms with Crippen LogP contribution in [0.25, 0.3) is 0 Å². The van der Waals surface area contributed by atoms with Gasteiger partial charge in [-0.25, -0.2) is 0 Å². The van der Waals surface area contributed by atoms with Crippen LogP contribution in [0.5, 0.6) is 0 Å². The number of benzene rings is 1. The maximum atomic E-state index is 12.0. The largest absolute Gasteiger partial charge is 0.325 e. The van der Waals surface area contributed by atoms with Crippen LogP contribution in [0.2, 0.25) is 0 Å². The van der Waals surface area contributed by atoms with Crippen molar-refractivity contribution in [1.82, 2.24) is 4.90 Å². The van der Waals surface area contributed by atoms with Gasteiger partial charge in [0, 0.05) is 35.4 Å². The zero-order chi connectivity index (χ0) is 14.7. The molecule has 0 fully saturated rings. The van der Waals surface area contributed by atoms with Crippen LogP contribution in [0, 0.1) is 0 Å². The smallest absolute Gasteiger partial charge is 0.225 e. The molecule has 1 aliphatic rings. The van der Waals surface area contributed by atoms with Crippen molar-refractivity contribution >= 4 is 38.9 Å². The predicted molar refractivity (Wildman–Crippen MR) is 90.7 cm³/mol. The van der Waals surface area contributed by atoms with Gasteiger partial charge in [0.05, 0.1) is 5.69 Å². The van der Waals surface area contributed by atoms with E-state index in [-0.39, 0.29) is 5.91 Å². The number of carbonyl (C=O) groups is 1. The molecule has 3 nitrogen and oxygen atoms in total. The Morgan fingerprint density at radius 1 is 1.33 bits per heavy atom. The lowest BCUT2D eigenvalue weighted by atomic mass is 10.1. The van der Waals surface area contributed by atoms with Crippen LogP contribution in [0.15, 0.2) is 40.2 Å². The first-order valence-electron chi connectivity index (χ1n) is 7.04. The van der Waals surface area contributed by atoms with E-state index in [9.17, 15) is 4.79 Å². The number of nitrogens with zero attached hydrogens (tertiary/aromatic N) is 1. The fraction of sp³-hybridized carbons (Fsp3) is 0.312. The van der Waals surface area contributed by atoms with E-state index in [1.165, 1.54) is 10.4 Å². The second-order valence-corrected chi connectivity index (χ2v) is 7.03. The van der Waals surface area contributed by atoms with Crippen molar-refractivity contribution in [3.63, 3.8) is 0 Å². The zero-order valence-electron chi connectivity index (χ0n) is 11.6. The highest BCUT2D eigenvalue weighted by atomic mass is 79.9. The first kappa shape index (κ1) is 14.8. The second kappa shape index (κ2) is 6.73. The van der Waals surface area contributed by atoms with Gasteiger partial charge in [-0.15, -0.1) is 11.3 Å². The van der Waals surface area contributed by atoms with Crippen molar-refractivity contribution in [2.24, 2.45) is 0 Å². The maximum Gasteiger partial charge on any atom is 0.225 e. The van der Waals surface area contributed by atoms with Gasteiger partial charge < -0.3 is 5.32 Å². The lowest BCUT2D eigenvalue weighted by molar-refractivity contribution is -0.116. The predicted octanol–water partition coefficient (Wildman–Crippen LogP) is 3.90. The lowest BCUT2D eigenvalue weighted by Gasteiger charge is -2.26. The molecule has 0 saturated heterocycles. The Morgan fingerprint density at radius 3 is 3.05 bits per heavy atom. The minimum Gasteiger partial charge on any atom is -0.325 e. The van der Waals surface area contributed by atoms with Gasteiger partial charge in [-0.05, 0) is 51.5 Å². The van der Waals surface area contributed by atoms with E-state index in [0.717, 1.165) is 36.2 Å². The number of hydrogen-bond donors (Lipinski definition) is 1. The average molecular weight is 365 g/mol. The van der Waals surface area contributed by atoms with E-state index in [1.54, 1.807) is 0 Å². The monoisotopic (exact) mass is 364 g/mol. The van der Waals surface area contributed by atoms with Gasteiger partial charge in [0.25, 0.3) is 0 Å². The van der Waals surface area contributed by atoms with Gasteiger partial charge >= 0.3 is 0 Å². The van der Waals surface area contributed by atoms with E-state index in [2.05, 4.69) is 37.6 Å². The zero-order valence-corrected chi connectivity index (χ0v) is 14.0. The van der Waals surface area contributed by atoms with Crippen molar-refractivity contribution in [3.05, 3.63) is 50.6 Å². The number of amides is 1. The molecule has 1 amide bonds. The number of hydrogen-bond acceptors (Lipinski definition) is 3. The minimum atomic E-state index is 0.0676. The fourth-order valence-electron chi connectivity index (χ4n) is 2.53. The Hall–Kier alpha value is -1.17. The first-order chi connectivity index (χ1) is 10.2. The van der Waals surface area contributed by atoms with Gasteiger partial charge in [0.1, 0.15) is 0 Å². The Morgan fingerprint density at radius 2 is 2.19 bits per heavy atom. The molecule has 0 saturated carbocycles. The normalized spacial score (nSPS) is 14.7. The molecular weight excluding hydrogens is 348 g/mol. The summed E-state index contributed by atoms with van der Waals surface area (Å²) < 4.78 is 0.916. The van der Waals surface area contributed by atoms with E-state index >= 15 is 0 Å². The molecule has 0 radical (unpaired) electrons. The van der Waals surface area contributed by atoms with Gasteiger partial charge in [-0.3, -0.25) is 9.69 Å². The molecule has 2 heterocycles. The summed E-state index contributed by atoms with van der Waals surface area (Å²) in [5.41, 5.74) is 2.26. The Balaban J connectivity index is 1.50. The van der Waals surface area contributed by atoms with Crippen LogP contribution in [0.3, 0.4) is 0 Å². The average Bonchev–Trinajstić information content (AvgIpc) is 2.95. The number of rotatable bonds is 4. The molecule has 0 spiro atoms. The molecule has 0 bridgehead atoms. The number of thiophene rings is 1. The highest BCUT2D eigenvalue weighted by Gasteiger charge is 2.17. The molecule has 1 N–H and O–H groups in total. The SMILES string of the molecule is O=C(CCN1CCc2sccc2C1)Nc1ccccc1Br. The third-order valence-electron chi connectivity index (χ3n) is 3.69. The van der Waals surface area contributed by atoms with Crippen LogP contribution >= 0.6 is 27.3 Å². The summed E-state index contributed by atoms with van der Waals surface area (Å²) in [5.74, 6) is 0.0676. The van der Waals surface area contributed by atoms with E-state index in [4.69, 9.17) is 0 Å². The number of halogens is 1. The van der Waals surface area contributed by atoms with Gasteiger partial charge in [-0.1, -0.05) is 12.1 Å². The molecule has 0 atom stereocenters. The van der Waals surface area contributed by atoms with Crippen molar-refractivity contribution in [2.75, 3.05) is 18.4 Å². The quantitative estimate of drug-likeness (QED) is 0.892. The first-order valence-corrected chi connectivity index (χ1v) is 8.71. The molecule has 5 heteroatoms. The van der Waals surface area contributed by atoms with Crippen LogP contribution in [-0.2, 0) is 17.8 Å². The topological polar surface area (TPSA) is 32.3 Å². The standard InChI is InChI=1S/C16H17BrN2OS/c17-13-3-1-2-4-14(13)18-16(20)6-9-19-8-5-15-12(11-19)7-10-21-15/h1-4,7,10H,5-6,8-9,11H2,(H,18,20). The number of nitrogens with one attached hydrogen (secondary N) is 1. The summed E-state index contributed by atoms with van der Waals surface area (Å²) in [4.78, 5) is 15.9. The molecule has 1 aromatic carbocycles. The summed E-state index contributed by atoms with van der Waals surface area (Å²) in [5, 5.41) is 5.11. The number of anilines is 1. The van der Waals surface area contributed by atoms with Crippen molar-refractivity contribution < 1.29 is 4.79 Å². The molecule has 3 rings (SSSR count). The summed E-state index contributed by atoms with van der Waals surface area (Å²) in [6.45, 7) is 2.84. The molecular formula is C16H17BrN2OS. The second-order valence-electron chi connectivity index (χ2n) is 5.17. The van der Waals surface area contributed by atoms with Gasteiger partial charge in [-0.2, -0.15) is 0 Å². The van der Waals surface area contributed by atoms with Gasteiger partial charge in [0.2, 0.25) is 5.91 Å². The van der Waals surface area contributed by atoms with Crippen molar-refractivity contribution in [1.29, 1.82) is 0 Å². The Bertz CT molecular complexity index is 641. The molecule has 1 aliphatic heterocycles. The summed E-state index contributed by atoms with van der Waals surface area (Å²) in [6, 6.07) is 9.89. The van der Waals surface area contributed by atoms with Crippen LogP contribution in [0.4, 0.5) is 5.69 Å². The Labute approximate surface area is 137 Å². The summed E-state index contributed by atoms with van der Waals surface area (Å²) >= 11 is 5.29. The maximum absolute atomic E-state index is 12.0. The third kappa shape index (κ3) is 3.73. The van der Waals surface area contributed by atoms with E-state index < -0.39 is 0 Å². The minimum absolute atomic E-state index is 0.0676. The summed E-state index contributed by atoms with van der Waals surface area (Å²) in [7, 11) is 0. The van der Waals surface area contributed by atoms with Crippen LogP contribution < -0.4 is 5.32 Å².